The van der Waals surface area contributed by atoms with Crippen molar-refractivity contribution in [3.63, 3.8) is 0 Å². The summed E-state index contributed by atoms with van der Waals surface area (Å²) in [5, 5.41) is 4.83. The third-order valence-electron chi connectivity index (χ3n) is 3.98. The summed E-state index contributed by atoms with van der Waals surface area (Å²) in [7, 11) is 0. The van der Waals surface area contributed by atoms with Crippen molar-refractivity contribution in [2.24, 2.45) is 5.92 Å². The summed E-state index contributed by atoms with van der Waals surface area (Å²) in [6.07, 6.45) is 2.72. The van der Waals surface area contributed by atoms with Gasteiger partial charge >= 0.3 is 0 Å². The Kier molecular flexibility index (Phi) is 6.16. The summed E-state index contributed by atoms with van der Waals surface area (Å²) in [6, 6.07) is 6.15. The van der Waals surface area contributed by atoms with E-state index in [0.717, 1.165) is 6.54 Å². The van der Waals surface area contributed by atoms with Crippen LogP contribution in [-0.4, -0.2) is 31.1 Å². The molecule has 1 aromatic rings. The summed E-state index contributed by atoms with van der Waals surface area (Å²) >= 11 is 12.0. The maximum absolute atomic E-state index is 6.07. The Morgan fingerprint density at radius 2 is 1.85 bits per heavy atom. The van der Waals surface area contributed by atoms with Crippen molar-refractivity contribution in [1.29, 1.82) is 0 Å². The highest BCUT2D eigenvalue weighted by molar-refractivity contribution is 6.42. The maximum atomic E-state index is 6.07. The average molecular weight is 315 g/mol. The summed E-state index contributed by atoms with van der Waals surface area (Å²) < 4.78 is 0. The number of likely N-dealkylation sites (tertiary alicyclic amines) is 1. The average Bonchev–Trinajstić information content (AvgIpc) is 2.92. The Balaban J connectivity index is 1.78. The molecule has 1 aliphatic heterocycles. The van der Waals surface area contributed by atoms with Crippen LogP contribution < -0.4 is 5.32 Å². The van der Waals surface area contributed by atoms with Gasteiger partial charge in [0.25, 0.3) is 0 Å². The second-order valence-corrected chi connectivity index (χ2v) is 6.73. The molecule has 0 aliphatic carbocycles. The lowest BCUT2D eigenvalue weighted by Gasteiger charge is -2.22. The molecule has 2 atom stereocenters. The molecule has 0 radical (unpaired) electrons. The number of nitrogens with zero attached hydrogens (tertiary/aromatic N) is 1. The van der Waals surface area contributed by atoms with Crippen molar-refractivity contribution in [3.05, 3.63) is 33.8 Å². The predicted molar refractivity (Wildman–Crippen MR) is 87.7 cm³/mol. The minimum absolute atomic E-state index is 0.297. The second-order valence-electron chi connectivity index (χ2n) is 5.92. The van der Waals surface area contributed by atoms with Gasteiger partial charge in [0.1, 0.15) is 0 Å². The van der Waals surface area contributed by atoms with E-state index in [4.69, 9.17) is 23.2 Å². The normalized spacial score (nSPS) is 19.2. The van der Waals surface area contributed by atoms with Crippen LogP contribution in [0, 0.1) is 5.92 Å². The molecule has 20 heavy (non-hydrogen) atoms. The van der Waals surface area contributed by atoms with Gasteiger partial charge in [0.2, 0.25) is 0 Å². The van der Waals surface area contributed by atoms with Crippen LogP contribution in [0.2, 0.25) is 10.0 Å². The van der Waals surface area contributed by atoms with Crippen LogP contribution in [0.1, 0.15) is 38.3 Å². The fraction of sp³-hybridized carbons (Fsp3) is 0.625. The zero-order valence-electron chi connectivity index (χ0n) is 12.3. The van der Waals surface area contributed by atoms with Crippen molar-refractivity contribution in [2.45, 2.75) is 32.7 Å². The molecular formula is C16H24Cl2N2. The Bertz CT molecular complexity index is 430. The molecule has 2 rings (SSSR count). The zero-order chi connectivity index (χ0) is 14.5. The molecule has 0 saturated carbocycles. The number of benzene rings is 1. The van der Waals surface area contributed by atoms with E-state index in [2.05, 4.69) is 24.1 Å². The molecule has 4 heteroatoms. The monoisotopic (exact) mass is 314 g/mol. The molecule has 1 aliphatic rings. The molecule has 1 saturated heterocycles. The molecule has 1 aromatic carbocycles. The summed E-state index contributed by atoms with van der Waals surface area (Å²) in [5.74, 6) is 0.665. The lowest BCUT2D eigenvalue weighted by molar-refractivity contribution is 0.279. The number of halogens is 2. The van der Waals surface area contributed by atoms with Gasteiger partial charge in [-0.1, -0.05) is 36.2 Å². The van der Waals surface area contributed by atoms with Crippen LogP contribution in [0.25, 0.3) is 0 Å². The lowest BCUT2D eigenvalue weighted by atomic mass is 10.1. The Morgan fingerprint density at radius 1 is 1.15 bits per heavy atom. The molecule has 112 valence electrons. The summed E-state index contributed by atoms with van der Waals surface area (Å²) in [5.41, 5.74) is 1.19. The summed E-state index contributed by atoms with van der Waals surface area (Å²) in [4.78, 5) is 2.57. The largest absolute Gasteiger partial charge is 0.310 e. The van der Waals surface area contributed by atoms with Gasteiger partial charge in [0, 0.05) is 12.6 Å². The van der Waals surface area contributed by atoms with Gasteiger partial charge in [-0.05, 0) is 63.0 Å². The molecule has 0 aromatic heterocycles. The van der Waals surface area contributed by atoms with E-state index in [1.54, 1.807) is 0 Å². The van der Waals surface area contributed by atoms with E-state index in [1.165, 1.54) is 38.0 Å². The van der Waals surface area contributed by atoms with Crippen LogP contribution in [0.4, 0.5) is 0 Å². The van der Waals surface area contributed by atoms with Gasteiger partial charge < -0.3 is 10.2 Å². The van der Waals surface area contributed by atoms with E-state index in [-0.39, 0.29) is 0 Å². The third kappa shape index (κ3) is 4.63. The van der Waals surface area contributed by atoms with Gasteiger partial charge in [0.15, 0.2) is 0 Å². The zero-order valence-corrected chi connectivity index (χ0v) is 13.8. The molecule has 2 nitrogen and oxygen atoms in total. The van der Waals surface area contributed by atoms with Gasteiger partial charge in [-0.3, -0.25) is 0 Å². The first-order chi connectivity index (χ1) is 9.56. The van der Waals surface area contributed by atoms with Crippen LogP contribution >= 0.6 is 23.2 Å². The minimum Gasteiger partial charge on any atom is -0.310 e. The van der Waals surface area contributed by atoms with Gasteiger partial charge in [-0.25, -0.2) is 0 Å². The molecule has 2 unspecified atom stereocenters. The van der Waals surface area contributed by atoms with E-state index in [9.17, 15) is 0 Å². The van der Waals surface area contributed by atoms with Crippen LogP contribution in [-0.2, 0) is 0 Å². The number of rotatable bonds is 6. The molecule has 0 spiro atoms. The molecule has 1 N–H and O–H groups in total. The number of nitrogens with one attached hydrogen (secondary N) is 1. The lowest BCUT2D eigenvalue weighted by Crippen LogP contribution is -2.32. The first kappa shape index (κ1) is 16.1. The molecule has 0 amide bonds. The van der Waals surface area contributed by atoms with Gasteiger partial charge in [-0.2, -0.15) is 0 Å². The quantitative estimate of drug-likeness (QED) is 0.838. The Morgan fingerprint density at radius 3 is 2.50 bits per heavy atom. The van der Waals surface area contributed by atoms with Crippen molar-refractivity contribution >= 4 is 23.2 Å². The minimum atomic E-state index is 0.297. The topological polar surface area (TPSA) is 15.3 Å². The molecular weight excluding hydrogens is 291 g/mol. The molecule has 0 bridgehead atoms. The highest BCUT2D eigenvalue weighted by atomic mass is 35.5. The van der Waals surface area contributed by atoms with Crippen molar-refractivity contribution in [1.82, 2.24) is 10.2 Å². The maximum Gasteiger partial charge on any atom is 0.0595 e. The highest BCUT2D eigenvalue weighted by Gasteiger charge is 2.15. The van der Waals surface area contributed by atoms with E-state index in [0.29, 0.717) is 22.0 Å². The fourth-order valence-electron chi connectivity index (χ4n) is 2.75. The third-order valence-corrected chi connectivity index (χ3v) is 4.72. The van der Waals surface area contributed by atoms with E-state index in [1.807, 2.05) is 18.2 Å². The predicted octanol–water partition coefficient (Wildman–Crippen LogP) is 4.38. The Hall–Kier alpha value is -0.280. The first-order valence-corrected chi connectivity index (χ1v) is 8.22. The van der Waals surface area contributed by atoms with Crippen LogP contribution in [0.5, 0.6) is 0 Å². The Labute approximate surface area is 132 Å². The summed E-state index contributed by atoms with van der Waals surface area (Å²) in [6.45, 7) is 9.24. The van der Waals surface area contributed by atoms with E-state index < -0.39 is 0 Å². The molecule has 1 heterocycles. The van der Waals surface area contributed by atoms with Crippen molar-refractivity contribution in [3.8, 4) is 0 Å². The first-order valence-electron chi connectivity index (χ1n) is 7.47. The second kappa shape index (κ2) is 7.65. The van der Waals surface area contributed by atoms with Crippen molar-refractivity contribution < 1.29 is 0 Å². The van der Waals surface area contributed by atoms with Crippen LogP contribution in [0.15, 0.2) is 18.2 Å². The van der Waals surface area contributed by atoms with Crippen LogP contribution in [0.3, 0.4) is 0 Å². The van der Waals surface area contributed by atoms with Gasteiger partial charge in [0.05, 0.1) is 10.0 Å². The highest BCUT2D eigenvalue weighted by Crippen LogP contribution is 2.25. The number of hydrogen-bond acceptors (Lipinski definition) is 2. The smallest absolute Gasteiger partial charge is 0.0595 e. The SMILES string of the molecule is CC(CNC(C)c1ccc(Cl)c(Cl)c1)CN1CCCC1. The fourth-order valence-corrected chi connectivity index (χ4v) is 3.05. The standard InChI is InChI=1S/C16H24Cl2N2/c1-12(11-20-7-3-4-8-20)10-19-13(2)14-5-6-15(17)16(18)9-14/h5-6,9,12-13,19H,3-4,7-8,10-11H2,1-2H3. The number of hydrogen-bond donors (Lipinski definition) is 1. The molecule has 1 fully saturated rings. The van der Waals surface area contributed by atoms with Gasteiger partial charge in [-0.15, -0.1) is 0 Å². The van der Waals surface area contributed by atoms with E-state index >= 15 is 0 Å². The van der Waals surface area contributed by atoms with Crippen molar-refractivity contribution in [2.75, 3.05) is 26.2 Å².